The number of rotatable bonds is 8. The SMILES string of the molecule is O=C(CCc1ccsc1)NCCSCc1ccccc1F. The Bertz CT molecular complexity index is 557. The highest BCUT2D eigenvalue weighted by molar-refractivity contribution is 7.98. The fourth-order valence-corrected chi connectivity index (χ4v) is 3.39. The third-order valence-electron chi connectivity index (χ3n) is 3.00. The largest absolute Gasteiger partial charge is 0.355 e. The van der Waals surface area contributed by atoms with Gasteiger partial charge in [0, 0.05) is 24.5 Å². The minimum atomic E-state index is -0.162. The second-order valence-electron chi connectivity index (χ2n) is 4.63. The molecular formula is C16H18FNOS2. The van der Waals surface area contributed by atoms with Crippen LogP contribution in [0, 0.1) is 5.82 Å². The molecule has 2 aromatic rings. The number of thiophene rings is 1. The second-order valence-corrected chi connectivity index (χ2v) is 6.51. The van der Waals surface area contributed by atoms with Crippen LogP contribution in [0.1, 0.15) is 17.5 Å². The third kappa shape index (κ3) is 5.89. The molecule has 1 aromatic carbocycles. The van der Waals surface area contributed by atoms with E-state index < -0.39 is 0 Å². The number of aryl methyl sites for hydroxylation is 1. The summed E-state index contributed by atoms with van der Waals surface area (Å²) in [6.07, 6.45) is 1.31. The van der Waals surface area contributed by atoms with E-state index in [4.69, 9.17) is 0 Å². The van der Waals surface area contributed by atoms with Crippen molar-refractivity contribution in [2.75, 3.05) is 12.3 Å². The minimum Gasteiger partial charge on any atom is -0.355 e. The molecule has 112 valence electrons. The highest BCUT2D eigenvalue weighted by Gasteiger charge is 2.03. The molecule has 1 aromatic heterocycles. The molecule has 0 saturated carbocycles. The van der Waals surface area contributed by atoms with Crippen LogP contribution < -0.4 is 5.32 Å². The minimum absolute atomic E-state index is 0.0766. The summed E-state index contributed by atoms with van der Waals surface area (Å²) in [4.78, 5) is 11.6. The predicted molar refractivity (Wildman–Crippen MR) is 88.2 cm³/mol. The summed E-state index contributed by atoms with van der Waals surface area (Å²) in [5, 5.41) is 6.98. The quantitative estimate of drug-likeness (QED) is 0.747. The van der Waals surface area contributed by atoms with Crippen LogP contribution in [0.4, 0.5) is 4.39 Å². The van der Waals surface area contributed by atoms with Crippen molar-refractivity contribution in [2.45, 2.75) is 18.6 Å². The predicted octanol–water partition coefficient (Wildman–Crippen LogP) is 3.87. The van der Waals surface area contributed by atoms with Crippen LogP contribution >= 0.6 is 23.1 Å². The lowest BCUT2D eigenvalue weighted by Crippen LogP contribution is -2.25. The highest BCUT2D eigenvalue weighted by atomic mass is 32.2. The number of carbonyl (C=O) groups is 1. The molecule has 0 aliphatic heterocycles. The summed E-state index contributed by atoms with van der Waals surface area (Å²) in [5.74, 6) is 1.34. The van der Waals surface area contributed by atoms with Crippen molar-refractivity contribution in [2.24, 2.45) is 0 Å². The summed E-state index contributed by atoms with van der Waals surface area (Å²) < 4.78 is 13.4. The monoisotopic (exact) mass is 323 g/mol. The molecule has 0 atom stereocenters. The van der Waals surface area contributed by atoms with Crippen molar-refractivity contribution in [3.05, 3.63) is 58.0 Å². The Morgan fingerprint density at radius 1 is 1.29 bits per heavy atom. The van der Waals surface area contributed by atoms with E-state index in [2.05, 4.69) is 10.7 Å². The second kappa shape index (κ2) is 8.85. The molecule has 0 saturated heterocycles. The van der Waals surface area contributed by atoms with Gasteiger partial charge in [-0.3, -0.25) is 4.79 Å². The fourth-order valence-electron chi connectivity index (χ4n) is 1.84. The molecule has 21 heavy (non-hydrogen) atoms. The van der Waals surface area contributed by atoms with Crippen LogP contribution in [0.5, 0.6) is 0 Å². The number of amides is 1. The molecule has 2 rings (SSSR count). The molecule has 5 heteroatoms. The molecule has 1 N–H and O–H groups in total. The van der Waals surface area contributed by atoms with Crippen LogP contribution in [0.3, 0.4) is 0 Å². The van der Waals surface area contributed by atoms with E-state index in [1.807, 2.05) is 17.5 Å². The zero-order valence-electron chi connectivity index (χ0n) is 11.7. The lowest BCUT2D eigenvalue weighted by Gasteiger charge is -2.05. The average molecular weight is 323 g/mol. The van der Waals surface area contributed by atoms with Gasteiger partial charge in [-0.05, 0) is 40.4 Å². The summed E-state index contributed by atoms with van der Waals surface area (Å²) in [6.45, 7) is 0.627. The van der Waals surface area contributed by atoms with E-state index in [0.717, 1.165) is 12.2 Å². The third-order valence-corrected chi connectivity index (χ3v) is 4.74. The molecule has 0 radical (unpaired) electrons. The van der Waals surface area contributed by atoms with Gasteiger partial charge in [-0.2, -0.15) is 23.1 Å². The molecule has 0 bridgehead atoms. The first-order valence-electron chi connectivity index (χ1n) is 6.84. The van der Waals surface area contributed by atoms with Crippen molar-refractivity contribution < 1.29 is 9.18 Å². The Balaban J connectivity index is 1.55. The zero-order chi connectivity index (χ0) is 14.9. The molecule has 0 spiro atoms. The molecule has 0 aliphatic rings. The van der Waals surface area contributed by atoms with Crippen LogP contribution in [0.2, 0.25) is 0 Å². The standard InChI is InChI=1S/C16H18FNOS2/c17-15-4-2-1-3-14(15)12-21-10-8-18-16(19)6-5-13-7-9-20-11-13/h1-4,7,9,11H,5-6,8,10,12H2,(H,18,19). The summed E-state index contributed by atoms with van der Waals surface area (Å²) in [5.41, 5.74) is 1.93. The van der Waals surface area contributed by atoms with E-state index in [1.165, 1.54) is 11.6 Å². The Morgan fingerprint density at radius 3 is 2.90 bits per heavy atom. The fraction of sp³-hybridized carbons (Fsp3) is 0.312. The number of hydrogen-bond donors (Lipinski definition) is 1. The van der Waals surface area contributed by atoms with Crippen LogP contribution in [0.25, 0.3) is 0 Å². The summed E-state index contributed by atoms with van der Waals surface area (Å²) in [6, 6.07) is 8.84. The Morgan fingerprint density at radius 2 is 2.14 bits per heavy atom. The number of nitrogens with one attached hydrogen (secondary N) is 1. The molecule has 2 nitrogen and oxygen atoms in total. The summed E-state index contributed by atoms with van der Waals surface area (Å²) in [7, 11) is 0. The maximum atomic E-state index is 13.4. The van der Waals surface area contributed by atoms with Gasteiger partial charge in [0.05, 0.1) is 0 Å². The van der Waals surface area contributed by atoms with Crippen LogP contribution in [0.15, 0.2) is 41.1 Å². The first kappa shape index (κ1) is 16.0. The maximum absolute atomic E-state index is 13.4. The molecule has 0 unspecified atom stereocenters. The number of hydrogen-bond acceptors (Lipinski definition) is 3. The number of thioether (sulfide) groups is 1. The maximum Gasteiger partial charge on any atom is 0.220 e. The van der Waals surface area contributed by atoms with E-state index in [-0.39, 0.29) is 11.7 Å². The van der Waals surface area contributed by atoms with E-state index in [0.29, 0.717) is 24.3 Å². The topological polar surface area (TPSA) is 29.1 Å². The first-order chi connectivity index (χ1) is 10.3. The van der Waals surface area contributed by atoms with Gasteiger partial charge in [-0.15, -0.1) is 0 Å². The van der Waals surface area contributed by atoms with Crippen molar-refractivity contribution in [1.29, 1.82) is 0 Å². The van der Waals surface area contributed by atoms with Gasteiger partial charge in [0.15, 0.2) is 0 Å². The summed E-state index contributed by atoms with van der Waals surface area (Å²) >= 11 is 3.27. The normalized spacial score (nSPS) is 10.5. The van der Waals surface area contributed by atoms with E-state index >= 15 is 0 Å². The number of halogens is 1. The lowest BCUT2D eigenvalue weighted by molar-refractivity contribution is -0.120. The smallest absolute Gasteiger partial charge is 0.220 e. The number of carbonyl (C=O) groups excluding carboxylic acids is 1. The zero-order valence-corrected chi connectivity index (χ0v) is 13.3. The van der Waals surface area contributed by atoms with Gasteiger partial charge >= 0.3 is 0 Å². The van der Waals surface area contributed by atoms with Crippen molar-refractivity contribution >= 4 is 29.0 Å². The first-order valence-corrected chi connectivity index (χ1v) is 8.94. The van der Waals surface area contributed by atoms with E-state index in [1.54, 1.807) is 35.2 Å². The van der Waals surface area contributed by atoms with Gasteiger partial charge in [0.1, 0.15) is 5.82 Å². The van der Waals surface area contributed by atoms with Crippen molar-refractivity contribution in [3.8, 4) is 0 Å². The molecule has 0 aliphatic carbocycles. The van der Waals surface area contributed by atoms with Crippen molar-refractivity contribution in [3.63, 3.8) is 0 Å². The average Bonchev–Trinajstić information content (AvgIpc) is 3.00. The molecule has 1 heterocycles. The molecule has 0 fully saturated rings. The van der Waals surface area contributed by atoms with Crippen LogP contribution in [-0.4, -0.2) is 18.2 Å². The Hall–Kier alpha value is -1.33. The van der Waals surface area contributed by atoms with E-state index in [9.17, 15) is 9.18 Å². The van der Waals surface area contributed by atoms with Gasteiger partial charge in [-0.1, -0.05) is 18.2 Å². The van der Waals surface area contributed by atoms with Gasteiger partial charge in [0.25, 0.3) is 0 Å². The van der Waals surface area contributed by atoms with Crippen LogP contribution in [-0.2, 0) is 17.0 Å². The molecule has 1 amide bonds. The van der Waals surface area contributed by atoms with Gasteiger partial charge in [0.2, 0.25) is 5.91 Å². The Labute approximate surface area is 132 Å². The highest BCUT2D eigenvalue weighted by Crippen LogP contribution is 2.14. The van der Waals surface area contributed by atoms with Gasteiger partial charge in [-0.25, -0.2) is 4.39 Å². The van der Waals surface area contributed by atoms with Crippen molar-refractivity contribution in [1.82, 2.24) is 5.32 Å². The van der Waals surface area contributed by atoms with Gasteiger partial charge < -0.3 is 5.32 Å². The number of benzene rings is 1. The Kier molecular flexibility index (Phi) is 6.76. The molecular weight excluding hydrogens is 305 g/mol. The lowest BCUT2D eigenvalue weighted by atomic mass is 10.2.